The molecule has 16 heavy (non-hydrogen) atoms. The predicted molar refractivity (Wildman–Crippen MR) is 71.0 cm³/mol. The van der Waals surface area contributed by atoms with Gasteiger partial charge in [-0.3, -0.25) is 0 Å². The van der Waals surface area contributed by atoms with Gasteiger partial charge in [0.2, 0.25) is 0 Å². The summed E-state index contributed by atoms with van der Waals surface area (Å²) >= 11 is 1.86. The largest absolute Gasteiger partial charge is 0.314 e. The first-order valence-corrected chi connectivity index (χ1v) is 7.10. The first kappa shape index (κ1) is 12.1. The van der Waals surface area contributed by atoms with Crippen molar-refractivity contribution in [2.75, 3.05) is 13.1 Å². The first-order valence-electron chi connectivity index (χ1n) is 6.23. The van der Waals surface area contributed by atoms with E-state index < -0.39 is 0 Å². The summed E-state index contributed by atoms with van der Waals surface area (Å²) in [5, 5.41) is 9.28. The molecule has 1 fully saturated rings. The Morgan fingerprint density at radius 3 is 3.12 bits per heavy atom. The molecule has 0 bridgehead atoms. The first-order chi connectivity index (χ1) is 7.75. The van der Waals surface area contributed by atoms with Gasteiger partial charge in [-0.25, -0.2) is 0 Å². The molecular weight excluding hydrogens is 216 g/mol. The molecule has 0 saturated carbocycles. The fourth-order valence-corrected chi connectivity index (χ4v) is 3.27. The van der Waals surface area contributed by atoms with Crippen LogP contribution in [0.25, 0.3) is 0 Å². The van der Waals surface area contributed by atoms with Crippen LogP contribution in [0, 0.1) is 12.8 Å². The average molecular weight is 238 g/mol. The van der Waals surface area contributed by atoms with Crippen molar-refractivity contribution in [1.82, 2.24) is 10.6 Å². The summed E-state index contributed by atoms with van der Waals surface area (Å²) < 4.78 is 0. The van der Waals surface area contributed by atoms with Crippen molar-refractivity contribution in [3.8, 4) is 0 Å². The summed E-state index contributed by atoms with van der Waals surface area (Å²) in [6.07, 6.45) is 2.64. The molecule has 2 heterocycles. The Kier molecular flexibility index (Phi) is 4.38. The van der Waals surface area contributed by atoms with E-state index in [-0.39, 0.29) is 0 Å². The maximum atomic E-state index is 3.60. The number of rotatable bonds is 4. The molecule has 2 rings (SSSR count). The van der Waals surface area contributed by atoms with Crippen molar-refractivity contribution in [3.63, 3.8) is 0 Å². The molecule has 1 aromatic rings. The smallest absolute Gasteiger partial charge is 0.0302 e. The van der Waals surface area contributed by atoms with E-state index in [0.29, 0.717) is 6.04 Å². The summed E-state index contributed by atoms with van der Waals surface area (Å²) in [7, 11) is 0. The maximum absolute atomic E-state index is 3.60. The molecule has 3 heteroatoms. The molecule has 1 aliphatic rings. The van der Waals surface area contributed by atoms with Crippen LogP contribution >= 0.6 is 11.3 Å². The van der Waals surface area contributed by atoms with E-state index in [1.165, 1.54) is 36.4 Å². The third-order valence-corrected chi connectivity index (χ3v) is 4.44. The lowest BCUT2D eigenvalue weighted by atomic mass is 9.93. The van der Waals surface area contributed by atoms with Gasteiger partial charge in [-0.05, 0) is 62.7 Å². The summed E-state index contributed by atoms with van der Waals surface area (Å²) in [4.78, 5) is 1.49. The molecule has 2 atom stereocenters. The minimum atomic E-state index is 0.698. The van der Waals surface area contributed by atoms with Gasteiger partial charge >= 0.3 is 0 Å². The monoisotopic (exact) mass is 238 g/mol. The van der Waals surface area contributed by atoms with E-state index >= 15 is 0 Å². The van der Waals surface area contributed by atoms with Gasteiger partial charge < -0.3 is 10.6 Å². The van der Waals surface area contributed by atoms with Crippen molar-refractivity contribution >= 4 is 11.3 Å². The van der Waals surface area contributed by atoms with Gasteiger partial charge in [0.1, 0.15) is 0 Å². The van der Waals surface area contributed by atoms with E-state index in [1.54, 1.807) is 0 Å². The molecule has 0 amide bonds. The van der Waals surface area contributed by atoms with Gasteiger partial charge in [-0.1, -0.05) is 0 Å². The third-order valence-electron chi connectivity index (χ3n) is 3.42. The number of hydrogen-bond acceptors (Lipinski definition) is 3. The fourth-order valence-electron chi connectivity index (χ4n) is 2.40. The van der Waals surface area contributed by atoms with Crippen LogP contribution in [-0.2, 0) is 6.54 Å². The molecule has 0 radical (unpaired) electrons. The van der Waals surface area contributed by atoms with Crippen LogP contribution in [0.3, 0.4) is 0 Å². The minimum absolute atomic E-state index is 0.698. The van der Waals surface area contributed by atoms with Crippen molar-refractivity contribution in [2.45, 2.75) is 39.3 Å². The van der Waals surface area contributed by atoms with E-state index in [2.05, 4.69) is 35.9 Å². The molecule has 1 saturated heterocycles. The number of hydrogen-bond donors (Lipinski definition) is 2. The van der Waals surface area contributed by atoms with Crippen molar-refractivity contribution < 1.29 is 0 Å². The average Bonchev–Trinajstić information content (AvgIpc) is 2.65. The molecule has 1 aliphatic heterocycles. The Morgan fingerprint density at radius 2 is 2.44 bits per heavy atom. The van der Waals surface area contributed by atoms with Crippen LogP contribution in [-0.4, -0.2) is 19.1 Å². The van der Waals surface area contributed by atoms with Crippen molar-refractivity contribution in [1.29, 1.82) is 0 Å². The van der Waals surface area contributed by atoms with Crippen LogP contribution in [0.15, 0.2) is 11.4 Å². The summed E-state index contributed by atoms with van der Waals surface area (Å²) in [5.74, 6) is 0.858. The Bertz CT molecular complexity index is 321. The Balaban J connectivity index is 1.70. The summed E-state index contributed by atoms with van der Waals surface area (Å²) in [6.45, 7) is 7.88. The standard InChI is InChI=1S/C13H22N2S/c1-10-4-6-16-13(10)9-14-8-12-3-5-15-11(2)7-12/h4,6,11-12,14-15H,3,5,7-9H2,1-2H3. The number of nitrogens with one attached hydrogen (secondary N) is 2. The maximum Gasteiger partial charge on any atom is 0.0302 e. The highest BCUT2D eigenvalue weighted by Gasteiger charge is 2.17. The highest BCUT2D eigenvalue weighted by atomic mass is 32.1. The minimum Gasteiger partial charge on any atom is -0.314 e. The number of aryl methyl sites for hydroxylation is 1. The van der Waals surface area contributed by atoms with Crippen LogP contribution in [0.5, 0.6) is 0 Å². The van der Waals surface area contributed by atoms with Crippen molar-refractivity contribution in [3.05, 3.63) is 21.9 Å². The molecule has 2 N–H and O–H groups in total. The molecule has 0 aliphatic carbocycles. The lowest BCUT2D eigenvalue weighted by molar-refractivity contribution is 0.304. The second kappa shape index (κ2) is 5.80. The molecular formula is C13H22N2S. The topological polar surface area (TPSA) is 24.1 Å². The Hall–Kier alpha value is -0.380. The van der Waals surface area contributed by atoms with Crippen LogP contribution in [0.4, 0.5) is 0 Å². The molecule has 90 valence electrons. The zero-order chi connectivity index (χ0) is 11.4. The lowest BCUT2D eigenvalue weighted by Gasteiger charge is -2.28. The van der Waals surface area contributed by atoms with Crippen LogP contribution < -0.4 is 10.6 Å². The van der Waals surface area contributed by atoms with Crippen LogP contribution in [0.2, 0.25) is 0 Å². The quantitative estimate of drug-likeness (QED) is 0.842. The third kappa shape index (κ3) is 3.30. The lowest BCUT2D eigenvalue weighted by Crippen LogP contribution is -2.39. The van der Waals surface area contributed by atoms with Gasteiger partial charge in [0, 0.05) is 17.5 Å². The van der Waals surface area contributed by atoms with E-state index in [0.717, 1.165) is 12.5 Å². The highest BCUT2D eigenvalue weighted by molar-refractivity contribution is 7.10. The summed E-state index contributed by atoms with van der Waals surface area (Å²) in [5.41, 5.74) is 1.43. The van der Waals surface area contributed by atoms with Gasteiger partial charge in [-0.2, -0.15) is 0 Å². The molecule has 0 aromatic carbocycles. The normalized spacial score (nSPS) is 25.9. The van der Waals surface area contributed by atoms with Crippen LogP contribution in [0.1, 0.15) is 30.2 Å². The van der Waals surface area contributed by atoms with Gasteiger partial charge in [0.25, 0.3) is 0 Å². The van der Waals surface area contributed by atoms with E-state index in [4.69, 9.17) is 0 Å². The zero-order valence-electron chi connectivity index (χ0n) is 10.3. The molecule has 2 nitrogen and oxygen atoms in total. The Labute approximate surface area is 102 Å². The second-order valence-electron chi connectivity index (χ2n) is 4.90. The predicted octanol–water partition coefficient (Wildman–Crippen LogP) is 2.53. The zero-order valence-corrected chi connectivity index (χ0v) is 11.1. The number of thiophene rings is 1. The Morgan fingerprint density at radius 1 is 1.56 bits per heavy atom. The molecule has 0 spiro atoms. The van der Waals surface area contributed by atoms with Gasteiger partial charge in [-0.15, -0.1) is 11.3 Å². The van der Waals surface area contributed by atoms with Gasteiger partial charge in [0.15, 0.2) is 0 Å². The fraction of sp³-hybridized carbons (Fsp3) is 0.692. The second-order valence-corrected chi connectivity index (χ2v) is 5.90. The van der Waals surface area contributed by atoms with E-state index in [1.807, 2.05) is 11.3 Å². The van der Waals surface area contributed by atoms with Crippen molar-refractivity contribution in [2.24, 2.45) is 5.92 Å². The summed E-state index contributed by atoms with van der Waals surface area (Å²) in [6, 6.07) is 2.90. The molecule has 1 aromatic heterocycles. The van der Waals surface area contributed by atoms with Gasteiger partial charge in [0.05, 0.1) is 0 Å². The SMILES string of the molecule is Cc1ccsc1CNCC1CCNC(C)C1. The number of piperidine rings is 1. The highest BCUT2D eigenvalue weighted by Crippen LogP contribution is 2.17. The molecule has 2 unspecified atom stereocenters. The van der Waals surface area contributed by atoms with E-state index in [9.17, 15) is 0 Å².